The number of hydrogen-bond acceptors (Lipinski definition) is 1. The molecule has 0 aliphatic rings. The van der Waals surface area contributed by atoms with Gasteiger partial charge in [-0.05, 0) is 19.5 Å². The van der Waals surface area contributed by atoms with E-state index in [1.807, 2.05) is 0 Å². The molecule has 0 rings (SSSR count). The van der Waals surface area contributed by atoms with Crippen LogP contribution in [0.4, 0.5) is 0 Å². The minimum Gasteiger partial charge on any atom is -0.317 e. The largest absolute Gasteiger partial charge is 0.317 e. The van der Waals surface area contributed by atoms with Gasteiger partial charge < -0.3 is 5.32 Å². The van der Waals surface area contributed by atoms with Crippen molar-refractivity contribution in [2.75, 3.05) is 13.1 Å². The summed E-state index contributed by atoms with van der Waals surface area (Å²) in [6.07, 6.45) is 18.8. The first-order valence-electron chi connectivity index (χ1n) is 8.62. The van der Waals surface area contributed by atoms with Crippen molar-refractivity contribution in [1.29, 1.82) is 0 Å². The smallest absolute Gasteiger partial charge is 0.00490 e. The van der Waals surface area contributed by atoms with E-state index in [4.69, 9.17) is 0 Å². The summed E-state index contributed by atoms with van der Waals surface area (Å²) >= 11 is 0. The second-order valence-electron chi connectivity index (χ2n) is 5.60. The summed E-state index contributed by atoms with van der Waals surface area (Å²) in [5.74, 6) is 0. The Balaban J connectivity index is 2.86. The van der Waals surface area contributed by atoms with Crippen molar-refractivity contribution in [3.8, 4) is 0 Å². The molecule has 0 aromatic heterocycles. The second kappa shape index (κ2) is 17.0. The molecule has 0 aliphatic carbocycles. The average Bonchev–Trinajstić information content (AvgIpc) is 2.39. The maximum atomic E-state index is 3.39. The molecule has 0 aromatic rings. The molecular formula is C17H37N. The predicted molar refractivity (Wildman–Crippen MR) is 84.2 cm³/mol. The lowest BCUT2D eigenvalue weighted by Crippen LogP contribution is -2.13. The Labute approximate surface area is 116 Å². The molecule has 110 valence electrons. The van der Waals surface area contributed by atoms with E-state index in [0.717, 1.165) is 6.54 Å². The fourth-order valence-electron chi connectivity index (χ4n) is 2.44. The van der Waals surface area contributed by atoms with Gasteiger partial charge in [-0.15, -0.1) is 0 Å². The number of rotatable bonds is 15. The van der Waals surface area contributed by atoms with E-state index < -0.39 is 0 Å². The van der Waals surface area contributed by atoms with Crippen molar-refractivity contribution in [3.63, 3.8) is 0 Å². The minimum atomic E-state index is 1.12. The highest BCUT2D eigenvalue weighted by Crippen LogP contribution is 2.12. The van der Waals surface area contributed by atoms with Crippen LogP contribution in [-0.2, 0) is 0 Å². The van der Waals surface area contributed by atoms with Gasteiger partial charge in [-0.1, -0.05) is 90.9 Å². The third kappa shape index (κ3) is 16.0. The van der Waals surface area contributed by atoms with Crippen molar-refractivity contribution < 1.29 is 0 Å². The van der Waals surface area contributed by atoms with Crippen LogP contribution in [0.3, 0.4) is 0 Å². The molecule has 1 nitrogen and oxygen atoms in total. The van der Waals surface area contributed by atoms with Crippen LogP contribution in [0.1, 0.15) is 97.3 Å². The second-order valence-corrected chi connectivity index (χ2v) is 5.60. The number of hydrogen-bond donors (Lipinski definition) is 1. The van der Waals surface area contributed by atoms with Crippen molar-refractivity contribution >= 4 is 0 Å². The first-order chi connectivity index (χ1) is 8.91. The van der Waals surface area contributed by atoms with Gasteiger partial charge in [0.15, 0.2) is 0 Å². The van der Waals surface area contributed by atoms with E-state index in [1.54, 1.807) is 0 Å². The molecule has 18 heavy (non-hydrogen) atoms. The Hall–Kier alpha value is -0.0400. The van der Waals surface area contributed by atoms with Gasteiger partial charge in [0.25, 0.3) is 0 Å². The lowest BCUT2D eigenvalue weighted by Gasteiger charge is -2.03. The van der Waals surface area contributed by atoms with E-state index in [1.165, 1.54) is 90.0 Å². The molecule has 0 spiro atoms. The molecule has 0 heterocycles. The van der Waals surface area contributed by atoms with Crippen molar-refractivity contribution in [1.82, 2.24) is 5.32 Å². The van der Waals surface area contributed by atoms with Crippen LogP contribution in [-0.4, -0.2) is 13.1 Å². The van der Waals surface area contributed by atoms with Crippen molar-refractivity contribution in [2.45, 2.75) is 97.3 Å². The first kappa shape index (κ1) is 18.0. The lowest BCUT2D eigenvalue weighted by molar-refractivity contribution is 0.534. The van der Waals surface area contributed by atoms with Crippen LogP contribution < -0.4 is 5.32 Å². The van der Waals surface area contributed by atoms with Gasteiger partial charge in [0.1, 0.15) is 0 Å². The van der Waals surface area contributed by atoms with Gasteiger partial charge in [0.2, 0.25) is 0 Å². The van der Waals surface area contributed by atoms with Gasteiger partial charge in [0, 0.05) is 0 Å². The number of nitrogens with one attached hydrogen (secondary N) is 1. The van der Waals surface area contributed by atoms with Crippen LogP contribution in [0, 0.1) is 0 Å². The summed E-state index contributed by atoms with van der Waals surface area (Å²) in [4.78, 5) is 0. The molecular weight excluding hydrogens is 218 g/mol. The monoisotopic (exact) mass is 255 g/mol. The standard InChI is InChI=1S/C17H37N/c1-3-5-6-7-8-9-10-11-12-13-14-15-16-17-18-4-2/h18H,3-17H2,1-2H3. The van der Waals surface area contributed by atoms with Gasteiger partial charge in [-0.2, -0.15) is 0 Å². The Morgan fingerprint density at radius 1 is 0.500 bits per heavy atom. The van der Waals surface area contributed by atoms with Gasteiger partial charge >= 0.3 is 0 Å². The quantitative estimate of drug-likeness (QED) is 0.371. The predicted octanol–water partition coefficient (Wildman–Crippen LogP) is 5.69. The fraction of sp³-hybridized carbons (Fsp3) is 1.00. The normalized spacial score (nSPS) is 11.0. The van der Waals surface area contributed by atoms with Crippen molar-refractivity contribution in [2.24, 2.45) is 0 Å². The molecule has 0 aliphatic heterocycles. The molecule has 0 saturated heterocycles. The highest BCUT2D eigenvalue weighted by molar-refractivity contribution is 4.50. The topological polar surface area (TPSA) is 12.0 Å². The Morgan fingerprint density at radius 3 is 1.28 bits per heavy atom. The summed E-state index contributed by atoms with van der Waals surface area (Å²) in [5.41, 5.74) is 0. The summed E-state index contributed by atoms with van der Waals surface area (Å²) < 4.78 is 0. The van der Waals surface area contributed by atoms with Gasteiger partial charge in [0.05, 0.1) is 0 Å². The molecule has 0 fully saturated rings. The third-order valence-electron chi connectivity index (χ3n) is 3.71. The Kier molecular flexibility index (Phi) is 16.9. The molecule has 0 radical (unpaired) electrons. The molecule has 0 aromatic carbocycles. The third-order valence-corrected chi connectivity index (χ3v) is 3.71. The van der Waals surface area contributed by atoms with E-state index in [2.05, 4.69) is 19.2 Å². The summed E-state index contributed by atoms with van der Waals surface area (Å²) in [6.45, 7) is 6.81. The summed E-state index contributed by atoms with van der Waals surface area (Å²) in [7, 11) is 0. The first-order valence-corrected chi connectivity index (χ1v) is 8.62. The maximum absolute atomic E-state index is 3.39. The van der Waals surface area contributed by atoms with Gasteiger partial charge in [-0.25, -0.2) is 0 Å². The Morgan fingerprint density at radius 2 is 0.889 bits per heavy atom. The zero-order valence-corrected chi connectivity index (χ0v) is 13.1. The molecule has 0 unspecified atom stereocenters. The van der Waals surface area contributed by atoms with Crippen LogP contribution >= 0.6 is 0 Å². The molecule has 1 N–H and O–H groups in total. The van der Waals surface area contributed by atoms with Crippen LogP contribution in [0.25, 0.3) is 0 Å². The van der Waals surface area contributed by atoms with Gasteiger partial charge in [-0.3, -0.25) is 0 Å². The Bertz CT molecular complexity index is 118. The lowest BCUT2D eigenvalue weighted by atomic mass is 10.0. The van der Waals surface area contributed by atoms with Crippen LogP contribution in [0.5, 0.6) is 0 Å². The molecule has 0 saturated carbocycles. The van der Waals surface area contributed by atoms with E-state index in [9.17, 15) is 0 Å². The molecule has 0 amide bonds. The van der Waals surface area contributed by atoms with E-state index >= 15 is 0 Å². The highest BCUT2D eigenvalue weighted by atomic mass is 14.8. The maximum Gasteiger partial charge on any atom is -0.00490 e. The zero-order valence-electron chi connectivity index (χ0n) is 13.1. The SMILES string of the molecule is CCCCCCCCCCCCCCCNCC. The average molecular weight is 255 g/mol. The minimum absolute atomic E-state index is 1.12. The van der Waals surface area contributed by atoms with E-state index in [-0.39, 0.29) is 0 Å². The summed E-state index contributed by atoms with van der Waals surface area (Å²) in [6, 6.07) is 0. The molecule has 0 atom stereocenters. The summed E-state index contributed by atoms with van der Waals surface area (Å²) in [5, 5.41) is 3.39. The zero-order chi connectivity index (χ0) is 13.3. The molecule has 0 bridgehead atoms. The van der Waals surface area contributed by atoms with Crippen LogP contribution in [0.2, 0.25) is 0 Å². The number of unbranched alkanes of at least 4 members (excludes halogenated alkanes) is 12. The van der Waals surface area contributed by atoms with E-state index in [0.29, 0.717) is 0 Å². The highest BCUT2D eigenvalue weighted by Gasteiger charge is 1.93. The van der Waals surface area contributed by atoms with Crippen LogP contribution in [0.15, 0.2) is 0 Å². The molecule has 1 heteroatoms. The van der Waals surface area contributed by atoms with Crippen molar-refractivity contribution in [3.05, 3.63) is 0 Å². The fourth-order valence-corrected chi connectivity index (χ4v) is 2.44.